The van der Waals surface area contributed by atoms with Gasteiger partial charge in [0.25, 0.3) is 0 Å². The number of amides is 2. The molecule has 20 heavy (non-hydrogen) atoms. The average molecular weight is 270 g/mol. The highest BCUT2D eigenvalue weighted by atomic mass is 16.2. The topological polar surface area (TPSA) is 61.2 Å². The largest absolute Gasteiger partial charge is 0.278 e. The van der Waals surface area contributed by atoms with Gasteiger partial charge in [0, 0.05) is 6.42 Å². The summed E-state index contributed by atoms with van der Waals surface area (Å²) in [6, 6.07) is 11.1. The number of hydrogen-bond donors (Lipinski definition) is 0. The zero-order valence-corrected chi connectivity index (χ0v) is 11.8. The lowest BCUT2D eigenvalue weighted by Gasteiger charge is -2.26. The van der Waals surface area contributed by atoms with Gasteiger partial charge in [-0.1, -0.05) is 37.3 Å². The van der Waals surface area contributed by atoms with Crippen LogP contribution in [0, 0.1) is 11.3 Å². The van der Waals surface area contributed by atoms with Gasteiger partial charge in [-0.3, -0.25) is 14.5 Å². The Morgan fingerprint density at radius 2 is 2.00 bits per heavy atom. The molecule has 0 radical (unpaired) electrons. The molecular weight excluding hydrogens is 252 g/mol. The molecule has 2 rings (SSSR count). The SMILES string of the molecule is CCC(CC#N)N1C(=O)CC(C)(c2ccccc2)C1=O. The summed E-state index contributed by atoms with van der Waals surface area (Å²) >= 11 is 0. The predicted octanol–water partition coefficient (Wildman–Crippen LogP) is 2.40. The van der Waals surface area contributed by atoms with Crippen LogP contribution in [0.4, 0.5) is 0 Å². The Hall–Kier alpha value is -2.15. The van der Waals surface area contributed by atoms with Gasteiger partial charge < -0.3 is 0 Å². The number of hydrogen-bond acceptors (Lipinski definition) is 3. The average Bonchev–Trinajstić information content (AvgIpc) is 2.69. The normalized spacial score (nSPS) is 23.8. The molecule has 1 heterocycles. The number of nitrogens with zero attached hydrogens (tertiary/aromatic N) is 2. The van der Waals surface area contributed by atoms with Gasteiger partial charge in [0.05, 0.1) is 23.9 Å². The van der Waals surface area contributed by atoms with Crippen LogP contribution in [0.15, 0.2) is 30.3 Å². The van der Waals surface area contributed by atoms with Crippen LogP contribution in [-0.4, -0.2) is 22.8 Å². The van der Waals surface area contributed by atoms with Crippen LogP contribution in [0.25, 0.3) is 0 Å². The smallest absolute Gasteiger partial charge is 0.240 e. The third-order valence-electron chi connectivity index (χ3n) is 4.04. The highest BCUT2D eigenvalue weighted by Crippen LogP contribution is 2.37. The van der Waals surface area contributed by atoms with Gasteiger partial charge in [-0.05, 0) is 18.9 Å². The molecule has 2 amide bonds. The highest BCUT2D eigenvalue weighted by Gasteiger charge is 2.50. The van der Waals surface area contributed by atoms with Gasteiger partial charge in [0.1, 0.15) is 0 Å². The molecule has 1 aliphatic heterocycles. The number of benzene rings is 1. The Labute approximate surface area is 119 Å². The zero-order valence-electron chi connectivity index (χ0n) is 11.8. The van der Waals surface area contributed by atoms with E-state index >= 15 is 0 Å². The quantitative estimate of drug-likeness (QED) is 0.789. The summed E-state index contributed by atoms with van der Waals surface area (Å²) in [5.74, 6) is -0.362. The summed E-state index contributed by atoms with van der Waals surface area (Å²) in [6.45, 7) is 3.70. The number of likely N-dealkylation sites (tertiary alicyclic amines) is 1. The number of carbonyl (C=O) groups excluding carboxylic acids is 2. The Bertz CT molecular complexity index is 562. The minimum Gasteiger partial charge on any atom is -0.278 e. The maximum absolute atomic E-state index is 12.7. The maximum Gasteiger partial charge on any atom is 0.240 e. The van der Waals surface area contributed by atoms with Crippen LogP contribution >= 0.6 is 0 Å². The van der Waals surface area contributed by atoms with E-state index in [1.54, 1.807) is 0 Å². The fourth-order valence-electron chi connectivity index (χ4n) is 2.77. The molecule has 1 aromatic carbocycles. The van der Waals surface area contributed by atoms with E-state index in [0.29, 0.717) is 6.42 Å². The Morgan fingerprint density at radius 1 is 1.35 bits per heavy atom. The molecule has 2 unspecified atom stereocenters. The first-order valence-electron chi connectivity index (χ1n) is 6.83. The second-order valence-corrected chi connectivity index (χ2v) is 5.37. The molecule has 0 aromatic heterocycles. The first-order valence-corrected chi connectivity index (χ1v) is 6.83. The molecule has 0 bridgehead atoms. The van der Waals surface area contributed by atoms with Crippen LogP contribution in [0.5, 0.6) is 0 Å². The van der Waals surface area contributed by atoms with Crippen molar-refractivity contribution in [3.63, 3.8) is 0 Å². The minimum absolute atomic E-state index is 0.177. The van der Waals surface area contributed by atoms with Gasteiger partial charge in [0.15, 0.2) is 0 Å². The van der Waals surface area contributed by atoms with E-state index in [9.17, 15) is 9.59 Å². The Morgan fingerprint density at radius 3 is 2.55 bits per heavy atom. The molecular formula is C16H18N2O2. The number of imide groups is 1. The summed E-state index contributed by atoms with van der Waals surface area (Å²) < 4.78 is 0. The van der Waals surface area contributed by atoms with Crippen molar-refractivity contribution in [3.05, 3.63) is 35.9 Å². The van der Waals surface area contributed by atoms with Crippen LogP contribution in [0.1, 0.15) is 38.7 Å². The second kappa shape index (κ2) is 5.46. The highest BCUT2D eigenvalue weighted by molar-refractivity contribution is 6.09. The van der Waals surface area contributed by atoms with E-state index in [0.717, 1.165) is 5.56 Å². The molecule has 4 heteroatoms. The summed E-state index contributed by atoms with van der Waals surface area (Å²) in [6.07, 6.45) is 0.979. The fourth-order valence-corrected chi connectivity index (χ4v) is 2.77. The summed E-state index contributed by atoms with van der Waals surface area (Å²) in [5.41, 5.74) is 0.0500. The van der Waals surface area contributed by atoms with Gasteiger partial charge in [-0.25, -0.2) is 0 Å². The number of rotatable bonds is 4. The molecule has 1 saturated heterocycles. The van der Waals surface area contributed by atoms with Crippen molar-refractivity contribution in [1.82, 2.24) is 4.90 Å². The van der Waals surface area contributed by atoms with Crippen molar-refractivity contribution >= 4 is 11.8 Å². The van der Waals surface area contributed by atoms with Crippen LogP contribution in [0.3, 0.4) is 0 Å². The number of carbonyl (C=O) groups is 2. The van der Waals surface area contributed by atoms with Crippen LogP contribution in [0.2, 0.25) is 0 Å². The van der Waals surface area contributed by atoms with Crippen LogP contribution < -0.4 is 0 Å². The molecule has 0 spiro atoms. The van der Waals surface area contributed by atoms with Gasteiger partial charge in [-0.15, -0.1) is 0 Å². The van der Waals surface area contributed by atoms with Crippen LogP contribution in [-0.2, 0) is 15.0 Å². The minimum atomic E-state index is -0.804. The second-order valence-electron chi connectivity index (χ2n) is 5.37. The third kappa shape index (κ3) is 2.20. The van der Waals surface area contributed by atoms with E-state index in [4.69, 9.17) is 5.26 Å². The predicted molar refractivity (Wildman–Crippen MR) is 74.6 cm³/mol. The van der Waals surface area contributed by atoms with Crippen molar-refractivity contribution in [1.29, 1.82) is 5.26 Å². The summed E-state index contributed by atoms with van der Waals surface area (Å²) in [5, 5.41) is 8.85. The molecule has 104 valence electrons. The number of nitriles is 1. The first kappa shape index (κ1) is 14.3. The zero-order chi connectivity index (χ0) is 14.8. The summed E-state index contributed by atoms with van der Waals surface area (Å²) in [4.78, 5) is 26.3. The first-order chi connectivity index (χ1) is 9.54. The molecule has 0 saturated carbocycles. The fraction of sp³-hybridized carbons (Fsp3) is 0.438. The van der Waals surface area contributed by atoms with E-state index < -0.39 is 5.41 Å². The lowest BCUT2D eigenvalue weighted by molar-refractivity contribution is -0.142. The van der Waals surface area contributed by atoms with E-state index in [1.165, 1.54) is 4.90 Å². The molecule has 1 fully saturated rings. The molecule has 2 atom stereocenters. The van der Waals surface area contributed by atoms with Gasteiger partial charge in [-0.2, -0.15) is 5.26 Å². The van der Waals surface area contributed by atoms with Crippen molar-refractivity contribution < 1.29 is 9.59 Å². The van der Waals surface area contributed by atoms with Crippen molar-refractivity contribution in [2.45, 2.75) is 44.6 Å². The standard InChI is InChI=1S/C16H18N2O2/c1-3-13(9-10-17)18-14(19)11-16(2,15(18)20)12-7-5-4-6-8-12/h4-8,13H,3,9,11H2,1-2H3. The summed E-state index contributed by atoms with van der Waals surface area (Å²) in [7, 11) is 0. The molecule has 1 aromatic rings. The van der Waals surface area contributed by atoms with Crippen molar-refractivity contribution in [2.75, 3.05) is 0 Å². The lowest BCUT2D eigenvalue weighted by Crippen LogP contribution is -2.42. The molecule has 0 N–H and O–H groups in total. The molecule has 0 aliphatic carbocycles. The van der Waals surface area contributed by atoms with E-state index in [2.05, 4.69) is 6.07 Å². The Balaban J connectivity index is 2.36. The monoisotopic (exact) mass is 270 g/mol. The van der Waals surface area contributed by atoms with E-state index in [1.807, 2.05) is 44.2 Å². The third-order valence-corrected chi connectivity index (χ3v) is 4.04. The van der Waals surface area contributed by atoms with Crippen molar-refractivity contribution in [2.24, 2.45) is 0 Å². The Kier molecular flexibility index (Phi) is 3.89. The van der Waals surface area contributed by atoms with Gasteiger partial charge >= 0.3 is 0 Å². The molecule has 1 aliphatic rings. The molecule has 4 nitrogen and oxygen atoms in total. The van der Waals surface area contributed by atoms with Crippen molar-refractivity contribution in [3.8, 4) is 6.07 Å². The lowest BCUT2D eigenvalue weighted by atomic mass is 9.81. The maximum atomic E-state index is 12.7. The van der Waals surface area contributed by atoms with Gasteiger partial charge in [0.2, 0.25) is 11.8 Å². The van der Waals surface area contributed by atoms with E-state index in [-0.39, 0.29) is 30.7 Å².